The minimum Gasteiger partial charge on any atom is -0.289 e. The Bertz CT molecular complexity index is 813. The second-order valence-electron chi connectivity index (χ2n) is 9.10. The summed E-state index contributed by atoms with van der Waals surface area (Å²) < 4.78 is 0. The molecule has 1 heterocycles. The largest absolute Gasteiger partial charge is 0.331 e. The maximum absolute atomic E-state index is 12.9. The molecule has 0 radical (unpaired) electrons. The number of nitrogens with one attached hydrogen (secondary N) is 1. The number of hydrogen-bond acceptors (Lipinski definition) is 4. The number of hydrogen-bond donors (Lipinski definition) is 1. The maximum atomic E-state index is 12.9. The minimum atomic E-state index is -1.02. The van der Waals surface area contributed by atoms with Gasteiger partial charge < -0.3 is 0 Å². The summed E-state index contributed by atoms with van der Waals surface area (Å²) in [7, 11) is 0. The third-order valence-corrected chi connectivity index (χ3v) is 6.98. The van der Waals surface area contributed by atoms with Crippen molar-refractivity contribution < 1.29 is 14.4 Å². The second-order valence-corrected chi connectivity index (χ2v) is 9.10. The molecule has 28 heavy (non-hydrogen) atoms. The van der Waals surface area contributed by atoms with E-state index in [-0.39, 0.29) is 12.1 Å². The van der Waals surface area contributed by atoms with Crippen molar-refractivity contribution in [1.29, 1.82) is 0 Å². The van der Waals surface area contributed by atoms with Gasteiger partial charge in [0.25, 0.3) is 0 Å². The number of nitrogens with zero attached hydrogens (tertiary/aromatic N) is 2. The van der Waals surface area contributed by atoms with E-state index in [1.165, 1.54) is 25.5 Å². The highest BCUT2D eigenvalue weighted by molar-refractivity contribution is 6.23. The van der Waals surface area contributed by atoms with E-state index in [0.717, 1.165) is 47.5 Å². The van der Waals surface area contributed by atoms with Gasteiger partial charge >= 0.3 is 6.03 Å². The van der Waals surface area contributed by atoms with Crippen molar-refractivity contribution in [2.75, 3.05) is 0 Å². The van der Waals surface area contributed by atoms with E-state index in [1.807, 2.05) is 30.3 Å². The molecule has 0 aromatic heterocycles. The van der Waals surface area contributed by atoms with Crippen molar-refractivity contribution >= 4 is 24.1 Å². The Morgan fingerprint density at radius 3 is 2.21 bits per heavy atom. The molecule has 1 aromatic rings. The number of carbonyl (C=O) groups excluding carboxylic acids is 3. The Balaban J connectivity index is 1.35. The summed E-state index contributed by atoms with van der Waals surface area (Å²) in [5.74, 6) is 0.176. The molecule has 1 saturated heterocycles. The van der Waals surface area contributed by atoms with E-state index >= 15 is 0 Å². The van der Waals surface area contributed by atoms with E-state index < -0.39 is 23.8 Å². The highest BCUT2D eigenvalue weighted by Gasteiger charge is 2.51. The number of urea groups is 1. The van der Waals surface area contributed by atoms with Crippen LogP contribution in [0, 0.1) is 23.7 Å². The van der Waals surface area contributed by atoms with Crippen molar-refractivity contribution in [3.05, 3.63) is 35.9 Å². The zero-order valence-corrected chi connectivity index (χ0v) is 15.8. The molecule has 6 nitrogen and oxygen atoms in total. The Labute approximate surface area is 164 Å². The molecule has 146 valence electrons. The van der Waals surface area contributed by atoms with Gasteiger partial charge in [-0.3, -0.25) is 24.8 Å². The lowest BCUT2D eigenvalue weighted by atomic mass is 9.53. The topological polar surface area (TPSA) is 78.8 Å². The minimum absolute atomic E-state index is 0.0962. The molecular formula is C22H25N3O3. The lowest BCUT2D eigenvalue weighted by Crippen LogP contribution is -2.58. The number of imide groups is 2. The third-order valence-electron chi connectivity index (χ3n) is 6.98. The standard InChI is InChI=1S/C22H25N3O3/c26-19-18(12-23-22-9-15-6-16(10-22)8-17(7-15)11-22)20(27)25(21(28)24-19)13-14-4-2-1-3-5-14/h1-5,12,15-18H,6-11,13H2,(H,24,26,28)/t15?,16?,17?,18-,22?/m0/s1. The first kappa shape index (κ1) is 17.6. The lowest BCUT2D eigenvalue weighted by Gasteiger charge is -2.55. The molecular weight excluding hydrogens is 354 g/mol. The number of barbiturate groups is 1. The van der Waals surface area contributed by atoms with Crippen LogP contribution in [0.3, 0.4) is 0 Å². The van der Waals surface area contributed by atoms with Gasteiger partial charge in [0.1, 0.15) is 0 Å². The van der Waals surface area contributed by atoms with Crippen LogP contribution in [0.2, 0.25) is 0 Å². The Kier molecular flexibility index (Phi) is 4.11. The van der Waals surface area contributed by atoms with Gasteiger partial charge in [-0.05, 0) is 61.8 Å². The first-order valence-electron chi connectivity index (χ1n) is 10.3. The Hall–Kier alpha value is -2.50. The first-order chi connectivity index (χ1) is 13.5. The lowest BCUT2D eigenvalue weighted by molar-refractivity contribution is -0.139. The zero-order chi connectivity index (χ0) is 19.3. The molecule has 0 spiro atoms. The highest BCUT2D eigenvalue weighted by Crippen LogP contribution is 2.57. The molecule has 5 aliphatic rings. The van der Waals surface area contributed by atoms with Gasteiger partial charge in [0.2, 0.25) is 11.8 Å². The predicted octanol–water partition coefficient (Wildman–Crippen LogP) is 2.92. The second kappa shape index (κ2) is 6.54. The average Bonchev–Trinajstić information content (AvgIpc) is 2.64. The SMILES string of the molecule is O=C1NC(=O)N(Cc2ccccc2)C(=O)[C@H]1C=NC12CC3CC(CC(C3)C1)C2. The van der Waals surface area contributed by atoms with Gasteiger partial charge in [-0.2, -0.15) is 0 Å². The molecule has 0 unspecified atom stereocenters. The number of amides is 4. The summed E-state index contributed by atoms with van der Waals surface area (Å²) in [6.07, 6.45) is 8.71. The number of carbonyl (C=O) groups is 3. The monoisotopic (exact) mass is 379 g/mol. The van der Waals surface area contributed by atoms with Gasteiger partial charge in [0.15, 0.2) is 5.92 Å². The first-order valence-corrected chi connectivity index (χ1v) is 10.3. The number of benzene rings is 1. The molecule has 6 heteroatoms. The van der Waals surface area contributed by atoms with Gasteiger partial charge in [-0.1, -0.05) is 30.3 Å². The molecule has 4 amide bonds. The van der Waals surface area contributed by atoms with Crippen LogP contribution in [-0.2, 0) is 16.1 Å². The predicted molar refractivity (Wildman–Crippen MR) is 103 cm³/mol. The van der Waals surface area contributed by atoms with Crippen LogP contribution < -0.4 is 5.32 Å². The normalized spacial score (nSPS) is 37.0. The van der Waals surface area contributed by atoms with Crippen LogP contribution in [0.1, 0.15) is 44.1 Å². The van der Waals surface area contributed by atoms with Gasteiger partial charge in [-0.15, -0.1) is 0 Å². The molecule has 4 bridgehead atoms. The van der Waals surface area contributed by atoms with Crippen LogP contribution >= 0.6 is 0 Å². The van der Waals surface area contributed by atoms with Gasteiger partial charge in [0.05, 0.1) is 12.1 Å². The molecule has 5 fully saturated rings. The fourth-order valence-corrected chi connectivity index (χ4v) is 6.13. The van der Waals surface area contributed by atoms with Crippen molar-refractivity contribution in [2.45, 2.75) is 50.6 Å². The van der Waals surface area contributed by atoms with Crippen LogP contribution in [0.5, 0.6) is 0 Å². The number of rotatable bonds is 4. The van der Waals surface area contributed by atoms with Gasteiger partial charge in [0, 0.05) is 6.21 Å². The summed E-state index contributed by atoms with van der Waals surface area (Å²) in [4.78, 5) is 43.5. The summed E-state index contributed by atoms with van der Waals surface area (Å²) in [5, 5.41) is 2.32. The summed E-state index contributed by atoms with van der Waals surface area (Å²) >= 11 is 0. The molecule has 4 saturated carbocycles. The Morgan fingerprint density at radius 1 is 1.00 bits per heavy atom. The maximum Gasteiger partial charge on any atom is 0.331 e. The Morgan fingerprint density at radius 2 is 1.61 bits per heavy atom. The molecule has 1 N–H and O–H groups in total. The summed E-state index contributed by atoms with van der Waals surface area (Å²) in [6, 6.07) is 8.66. The van der Waals surface area contributed by atoms with E-state index in [4.69, 9.17) is 4.99 Å². The molecule has 1 aromatic carbocycles. The van der Waals surface area contributed by atoms with Crippen molar-refractivity contribution in [2.24, 2.45) is 28.7 Å². The molecule has 1 atom stereocenters. The van der Waals surface area contributed by atoms with Crippen LogP contribution in [0.25, 0.3) is 0 Å². The summed E-state index contributed by atoms with van der Waals surface area (Å²) in [5.41, 5.74) is 0.748. The highest BCUT2D eigenvalue weighted by atomic mass is 16.2. The van der Waals surface area contributed by atoms with E-state index in [9.17, 15) is 14.4 Å². The summed E-state index contributed by atoms with van der Waals surface area (Å²) in [6.45, 7) is 0.153. The van der Waals surface area contributed by atoms with E-state index in [1.54, 1.807) is 0 Å². The average molecular weight is 379 g/mol. The van der Waals surface area contributed by atoms with Crippen LogP contribution in [0.4, 0.5) is 4.79 Å². The van der Waals surface area contributed by atoms with Gasteiger partial charge in [-0.25, -0.2) is 4.79 Å². The fraction of sp³-hybridized carbons (Fsp3) is 0.545. The third kappa shape index (κ3) is 3.05. The van der Waals surface area contributed by atoms with Crippen molar-refractivity contribution in [1.82, 2.24) is 10.2 Å². The molecule has 4 aliphatic carbocycles. The van der Waals surface area contributed by atoms with Crippen LogP contribution in [0.15, 0.2) is 35.3 Å². The van der Waals surface area contributed by atoms with E-state index in [0.29, 0.717) is 0 Å². The fourth-order valence-electron chi connectivity index (χ4n) is 6.13. The smallest absolute Gasteiger partial charge is 0.289 e. The van der Waals surface area contributed by atoms with Crippen LogP contribution in [-0.4, -0.2) is 34.5 Å². The quantitative estimate of drug-likeness (QED) is 0.645. The zero-order valence-electron chi connectivity index (χ0n) is 15.8. The molecule has 1 aliphatic heterocycles. The van der Waals surface area contributed by atoms with Crippen molar-refractivity contribution in [3.63, 3.8) is 0 Å². The van der Waals surface area contributed by atoms with Crippen molar-refractivity contribution in [3.8, 4) is 0 Å². The van der Waals surface area contributed by atoms with E-state index in [2.05, 4.69) is 5.32 Å². The number of aliphatic imine (C=N–C) groups is 1. The molecule has 6 rings (SSSR count).